The number of benzene rings is 1. The Morgan fingerprint density at radius 1 is 0.939 bits per heavy atom. The molecule has 1 heterocycles. The minimum Gasteiger partial charge on any atom is -0.463 e. The van der Waals surface area contributed by atoms with Crippen LogP contribution in [-0.4, -0.2) is 57.6 Å². The lowest BCUT2D eigenvalue weighted by molar-refractivity contribution is -0.148. The largest absolute Gasteiger partial charge is 0.463 e. The smallest absolute Gasteiger partial charge is 0.337 e. The number of halogens is 2. The predicted molar refractivity (Wildman–Crippen MR) is 142 cm³/mol. The van der Waals surface area contributed by atoms with Crippen molar-refractivity contribution in [1.29, 1.82) is 0 Å². The number of esters is 1. The van der Waals surface area contributed by atoms with Crippen molar-refractivity contribution < 1.29 is 14.6 Å². The SMILES string of the molecule is CCOC(=O)C1=C(C)N(CCCCCCBr)C(O)N(CCCCCCBr)C1c1ccccc1. The van der Waals surface area contributed by atoms with Crippen LogP contribution in [0.15, 0.2) is 41.6 Å². The van der Waals surface area contributed by atoms with Crippen molar-refractivity contribution in [3.8, 4) is 0 Å². The highest BCUT2D eigenvalue weighted by Gasteiger charge is 2.42. The monoisotopic (exact) mass is 586 g/mol. The zero-order chi connectivity index (χ0) is 24.1. The molecule has 33 heavy (non-hydrogen) atoms. The molecule has 0 saturated carbocycles. The van der Waals surface area contributed by atoms with Crippen molar-refractivity contribution in [2.24, 2.45) is 0 Å². The van der Waals surface area contributed by atoms with Gasteiger partial charge in [0.05, 0.1) is 18.2 Å². The highest BCUT2D eigenvalue weighted by molar-refractivity contribution is 9.09. The molecule has 0 fully saturated rings. The Hall–Kier alpha value is -0.890. The lowest BCUT2D eigenvalue weighted by atomic mass is 9.92. The van der Waals surface area contributed by atoms with Crippen LogP contribution in [0.4, 0.5) is 0 Å². The second kappa shape index (κ2) is 15.9. The Balaban J connectivity index is 2.35. The summed E-state index contributed by atoms with van der Waals surface area (Å²) >= 11 is 7.00. The summed E-state index contributed by atoms with van der Waals surface area (Å²) in [6, 6.07) is 9.72. The fraction of sp³-hybridized carbons (Fsp3) is 0.654. The zero-order valence-corrected chi connectivity index (χ0v) is 23.3. The number of carbonyl (C=O) groups is 1. The second-order valence-corrected chi connectivity index (χ2v) is 10.1. The standard InChI is InChI=1S/C26H40Br2N2O3/c1-3-33-25(31)23-21(2)29(19-13-6-4-11-17-27)26(32)30(20-14-7-5-12-18-28)24(23)22-15-9-8-10-16-22/h8-10,15-16,24,26,32H,3-7,11-14,17-20H2,1-2H3. The summed E-state index contributed by atoms with van der Waals surface area (Å²) in [4.78, 5) is 17.3. The van der Waals surface area contributed by atoms with E-state index >= 15 is 0 Å². The molecule has 1 aliphatic rings. The fourth-order valence-electron chi connectivity index (χ4n) is 4.47. The van der Waals surface area contributed by atoms with E-state index in [1.165, 1.54) is 0 Å². The molecule has 1 aliphatic heterocycles. The Labute approximate surface area is 216 Å². The van der Waals surface area contributed by atoms with Gasteiger partial charge in [0.1, 0.15) is 0 Å². The summed E-state index contributed by atoms with van der Waals surface area (Å²) in [7, 11) is 0. The lowest BCUT2D eigenvalue weighted by Gasteiger charge is -2.47. The minimum atomic E-state index is -0.763. The van der Waals surface area contributed by atoms with Gasteiger partial charge in [-0.3, -0.25) is 0 Å². The summed E-state index contributed by atoms with van der Waals surface area (Å²) in [6.45, 7) is 5.57. The number of unbranched alkanes of at least 4 members (excludes halogenated alkanes) is 6. The van der Waals surface area contributed by atoms with E-state index in [1.54, 1.807) is 0 Å². The van der Waals surface area contributed by atoms with Crippen LogP contribution in [0, 0.1) is 0 Å². The number of aliphatic hydroxyl groups excluding tert-OH is 1. The second-order valence-electron chi connectivity index (χ2n) is 8.52. The van der Waals surface area contributed by atoms with E-state index < -0.39 is 6.35 Å². The maximum absolute atomic E-state index is 13.2. The van der Waals surface area contributed by atoms with Crippen molar-refractivity contribution in [2.75, 3.05) is 30.4 Å². The van der Waals surface area contributed by atoms with Gasteiger partial charge in [-0.15, -0.1) is 0 Å². The van der Waals surface area contributed by atoms with Gasteiger partial charge in [0.25, 0.3) is 0 Å². The molecule has 7 heteroatoms. The van der Waals surface area contributed by atoms with Gasteiger partial charge in [-0.05, 0) is 45.1 Å². The number of hydrogen-bond donors (Lipinski definition) is 1. The summed E-state index contributed by atoms with van der Waals surface area (Å²) in [5.41, 5.74) is 2.48. The molecule has 1 N–H and O–H groups in total. The molecule has 0 amide bonds. The van der Waals surface area contributed by atoms with Gasteiger partial charge in [0.15, 0.2) is 6.35 Å². The van der Waals surface area contributed by atoms with Crippen LogP contribution in [0.1, 0.15) is 76.8 Å². The van der Waals surface area contributed by atoms with Crippen LogP contribution in [-0.2, 0) is 9.53 Å². The third kappa shape index (κ3) is 8.37. The van der Waals surface area contributed by atoms with Crippen LogP contribution in [0.25, 0.3) is 0 Å². The van der Waals surface area contributed by atoms with Crippen molar-refractivity contribution in [2.45, 2.75) is 77.6 Å². The van der Waals surface area contributed by atoms with Crippen molar-refractivity contribution in [3.63, 3.8) is 0 Å². The molecule has 1 aromatic rings. The van der Waals surface area contributed by atoms with E-state index in [0.717, 1.165) is 86.4 Å². The highest BCUT2D eigenvalue weighted by Crippen LogP contribution is 2.39. The number of nitrogens with zero attached hydrogens (tertiary/aromatic N) is 2. The maximum atomic E-state index is 13.2. The molecule has 0 aliphatic carbocycles. The molecule has 0 radical (unpaired) electrons. The average molecular weight is 588 g/mol. The molecular formula is C26H40Br2N2O3. The van der Waals surface area contributed by atoms with Gasteiger partial charge in [-0.2, -0.15) is 0 Å². The average Bonchev–Trinajstić information content (AvgIpc) is 2.82. The van der Waals surface area contributed by atoms with Gasteiger partial charge >= 0.3 is 5.97 Å². The van der Waals surface area contributed by atoms with E-state index in [9.17, 15) is 9.90 Å². The third-order valence-corrected chi connectivity index (χ3v) is 7.32. The number of alkyl halides is 2. The number of ether oxygens (including phenoxy) is 1. The zero-order valence-electron chi connectivity index (χ0n) is 20.1. The normalized spacial score (nSPS) is 19.2. The summed E-state index contributed by atoms with van der Waals surface area (Å²) in [6.07, 6.45) is 8.01. The van der Waals surface area contributed by atoms with Crippen LogP contribution in [0.2, 0.25) is 0 Å². The Morgan fingerprint density at radius 2 is 1.52 bits per heavy atom. The number of allylic oxidation sites excluding steroid dienone is 1. The molecule has 2 atom stereocenters. The predicted octanol–water partition coefficient (Wildman–Crippen LogP) is 6.37. The number of rotatable bonds is 15. The topological polar surface area (TPSA) is 53.0 Å². The van der Waals surface area contributed by atoms with Crippen LogP contribution in [0.3, 0.4) is 0 Å². The molecular weight excluding hydrogens is 548 g/mol. The Bertz CT molecular complexity index is 730. The first-order valence-electron chi connectivity index (χ1n) is 12.3. The molecule has 2 rings (SSSR count). The van der Waals surface area contributed by atoms with Gasteiger partial charge in [-0.25, -0.2) is 9.69 Å². The van der Waals surface area contributed by atoms with Crippen LogP contribution in [0.5, 0.6) is 0 Å². The molecule has 0 aromatic heterocycles. The van der Waals surface area contributed by atoms with Gasteiger partial charge in [0, 0.05) is 29.4 Å². The Kier molecular flexibility index (Phi) is 13.7. The maximum Gasteiger partial charge on any atom is 0.337 e. The van der Waals surface area contributed by atoms with Crippen molar-refractivity contribution in [3.05, 3.63) is 47.2 Å². The molecule has 5 nitrogen and oxygen atoms in total. The summed E-state index contributed by atoms with van der Waals surface area (Å²) in [5.74, 6) is -0.288. The van der Waals surface area contributed by atoms with Crippen LogP contribution < -0.4 is 0 Å². The van der Waals surface area contributed by atoms with E-state index in [2.05, 4.69) is 36.8 Å². The quantitative estimate of drug-likeness (QED) is 0.147. The third-order valence-electron chi connectivity index (χ3n) is 6.19. The first-order chi connectivity index (χ1) is 16.1. The number of hydrogen-bond acceptors (Lipinski definition) is 5. The first-order valence-corrected chi connectivity index (χ1v) is 14.6. The van der Waals surface area contributed by atoms with E-state index in [4.69, 9.17) is 4.74 Å². The van der Waals surface area contributed by atoms with Gasteiger partial charge in [0.2, 0.25) is 0 Å². The van der Waals surface area contributed by atoms with Crippen molar-refractivity contribution in [1.82, 2.24) is 9.80 Å². The van der Waals surface area contributed by atoms with Gasteiger partial charge < -0.3 is 14.7 Å². The molecule has 0 spiro atoms. The van der Waals surface area contributed by atoms with Crippen LogP contribution >= 0.6 is 31.9 Å². The molecule has 0 saturated heterocycles. The molecule has 1 aromatic carbocycles. The number of carbonyl (C=O) groups excluding carboxylic acids is 1. The molecule has 186 valence electrons. The summed E-state index contributed by atoms with van der Waals surface area (Å²) in [5, 5.41) is 13.6. The highest BCUT2D eigenvalue weighted by atomic mass is 79.9. The number of aliphatic hydroxyl groups is 1. The minimum absolute atomic E-state index is 0.288. The first kappa shape index (κ1) is 28.3. The van der Waals surface area contributed by atoms with Crippen molar-refractivity contribution >= 4 is 37.8 Å². The summed E-state index contributed by atoms with van der Waals surface area (Å²) < 4.78 is 5.51. The van der Waals surface area contributed by atoms with Gasteiger partial charge in [-0.1, -0.05) is 87.9 Å². The van der Waals surface area contributed by atoms with E-state index in [1.807, 2.05) is 49.1 Å². The lowest BCUT2D eigenvalue weighted by Crippen LogP contribution is -2.55. The fourth-order valence-corrected chi connectivity index (χ4v) is 5.26. The van der Waals surface area contributed by atoms with E-state index in [-0.39, 0.29) is 12.0 Å². The molecule has 0 bridgehead atoms. The molecule has 2 unspecified atom stereocenters. The van der Waals surface area contributed by atoms with E-state index in [0.29, 0.717) is 12.2 Å². The Morgan fingerprint density at radius 3 is 2.09 bits per heavy atom.